The van der Waals surface area contributed by atoms with Crippen molar-refractivity contribution in [3.8, 4) is 0 Å². The standard InChI is InChI=1S/C9H18N2O2/c1-5-11(4)8(12)13-9(6-7-9)10(2)3/h5-7H2,1-4H3. The predicted molar refractivity (Wildman–Crippen MR) is 50.4 cm³/mol. The van der Waals surface area contributed by atoms with Gasteiger partial charge in [-0.3, -0.25) is 4.90 Å². The first kappa shape index (κ1) is 10.3. The summed E-state index contributed by atoms with van der Waals surface area (Å²) in [6.45, 7) is 2.61. The first-order valence-electron chi connectivity index (χ1n) is 4.63. The van der Waals surface area contributed by atoms with Crippen molar-refractivity contribution in [2.75, 3.05) is 27.7 Å². The van der Waals surface area contributed by atoms with Crippen LogP contribution in [0.25, 0.3) is 0 Å². The van der Waals surface area contributed by atoms with Crippen LogP contribution in [0.15, 0.2) is 0 Å². The van der Waals surface area contributed by atoms with Gasteiger partial charge in [0.1, 0.15) is 0 Å². The molecule has 0 heterocycles. The maximum absolute atomic E-state index is 11.4. The van der Waals surface area contributed by atoms with Crippen molar-refractivity contribution in [1.82, 2.24) is 9.80 Å². The second-order valence-corrected chi connectivity index (χ2v) is 3.72. The van der Waals surface area contributed by atoms with Gasteiger partial charge in [0.25, 0.3) is 0 Å². The van der Waals surface area contributed by atoms with Crippen molar-refractivity contribution in [2.45, 2.75) is 25.5 Å². The second kappa shape index (κ2) is 3.54. The van der Waals surface area contributed by atoms with Crippen LogP contribution in [0.5, 0.6) is 0 Å². The molecule has 4 nitrogen and oxygen atoms in total. The normalized spacial score (nSPS) is 18.5. The summed E-state index contributed by atoms with van der Waals surface area (Å²) in [5.74, 6) is 0. The zero-order valence-corrected chi connectivity index (χ0v) is 8.83. The van der Waals surface area contributed by atoms with Gasteiger partial charge in [-0.05, 0) is 21.0 Å². The van der Waals surface area contributed by atoms with Gasteiger partial charge in [-0.25, -0.2) is 4.79 Å². The number of nitrogens with zero attached hydrogens (tertiary/aromatic N) is 2. The van der Waals surface area contributed by atoms with E-state index in [-0.39, 0.29) is 11.8 Å². The molecule has 1 aliphatic rings. The van der Waals surface area contributed by atoms with Gasteiger partial charge in [0.05, 0.1) is 0 Å². The van der Waals surface area contributed by atoms with Crippen LogP contribution in [0.1, 0.15) is 19.8 Å². The van der Waals surface area contributed by atoms with Crippen LogP contribution in [0.4, 0.5) is 4.79 Å². The lowest BCUT2D eigenvalue weighted by molar-refractivity contribution is -0.0219. The number of hydrogen-bond donors (Lipinski definition) is 0. The van der Waals surface area contributed by atoms with Crippen molar-refractivity contribution in [3.63, 3.8) is 0 Å². The van der Waals surface area contributed by atoms with E-state index in [0.29, 0.717) is 6.54 Å². The number of rotatable bonds is 3. The van der Waals surface area contributed by atoms with E-state index in [9.17, 15) is 4.79 Å². The van der Waals surface area contributed by atoms with Crippen LogP contribution in [0.2, 0.25) is 0 Å². The fourth-order valence-electron chi connectivity index (χ4n) is 1.12. The molecule has 1 aliphatic carbocycles. The molecule has 76 valence electrons. The minimum atomic E-state index is -0.305. The highest BCUT2D eigenvalue weighted by Crippen LogP contribution is 2.41. The van der Waals surface area contributed by atoms with Gasteiger partial charge in [0.15, 0.2) is 5.72 Å². The highest BCUT2D eigenvalue weighted by Gasteiger charge is 2.49. The molecule has 0 atom stereocenters. The van der Waals surface area contributed by atoms with Gasteiger partial charge in [-0.15, -0.1) is 0 Å². The Kier molecular flexibility index (Phi) is 2.81. The van der Waals surface area contributed by atoms with E-state index < -0.39 is 0 Å². The second-order valence-electron chi connectivity index (χ2n) is 3.72. The van der Waals surface area contributed by atoms with E-state index in [4.69, 9.17) is 4.74 Å². The van der Waals surface area contributed by atoms with Crippen molar-refractivity contribution < 1.29 is 9.53 Å². The lowest BCUT2D eigenvalue weighted by Crippen LogP contribution is -2.39. The summed E-state index contributed by atoms with van der Waals surface area (Å²) >= 11 is 0. The summed E-state index contributed by atoms with van der Waals surface area (Å²) in [7, 11) is 5.62. The van der Waals surface area contributed by atoms with Gasteiger partial charge >= 0.3 is 6.09 Å². The van der Waals surface area contributed by atoms with Gasteiger partial charge in [0, 0.05) is 26.4 Å². The molecule has 0 aliphatic heterocycles. The van der Waals surface area contributed by atoms with E-state index in [1.54, 1.807) is 11.9 Å². The quantitative estimate of drug-likeness (QED) is 0.619. The third-order valence-electron chi connectivity index (χ3n) is 2.56. The molecule has 1 rings (SSSR count). The van der Waals surface area contributed by atoms with Gasteiger partial charge in [-0.2, -0.15) is 0 Å². The molecule has 0 bridgehead atoms. The summed E-state index contributed by atoms with van der Waals surface area (Å²) in [5, 5.41) is 0. The molecule has 1 fully saturated rings. The Labute approximate surface area is 79.4 Å². The van der Waals surface area contributed by atoms with Crippen LogP contribution in [0, 0.1) is 0 Å². The largest absolute Gasteiger partial charge is 0.427 e. The predicted octanol–water partition coefficient (Wildman–Crippen LogP) is 1.13. The maximum Gasteiger partial charge on any atom is 0.411 e. The van der Waals surface area contributed by atoms with Gasteiger partial charge in [-0.1, -0.05) is 0 Å². The van der Waals surface area contributed by atoms with E-state index in [2.05, 4.69) is 0 Å². The fourth-order valence-corrected chi connectivity index (χ4v) is 1.12. The molecule has 0 aromatic heterocycles. The lowest BCUT2D eigenvalue weighted by Gasteiger charge is -2.26. The van der Waals surface area contributed by atoms with E-state index in [1.807, 2.05) is 25.9 Å². The zero-order chi connectivity index (χ0) is 10.1. The summed E-state index contributed by atoms with van der Waals surface area (Å²) in [6, 6.07) is 0. The Morgan fingerprint density at radius 3 is 2.23 bits per heavy atom. The molecule has 1 amide bonds. The molecule has 0 radical (unpaired) electrons. The molecule has 13 heavy (non-hydrogen) atoms. The number of carbonyl (C=O) groups is 1. The maximum atomic E-state index is 11.4. The van der Waals surface area contributed by atoms with Gasteiger partial charge in [0.2, 0.25) is 0 Å². The molecule has 0 unspecified atom stereocenters. The molecule has 0 aromatic rings. The van der Waals surface area contributed by atoms with E-state index >= 15 is 0 Å². The van der Waals surface area contributed by atoms with E-state index in [0.717, 1.165) is 12.8 Å². The molecule has 4 heteroatoms. The summed E-state index contributed by atoms with van der Waals surface area (Å²) in [6.07, 6.45) is 1.67. The molecular formula is C9H18N2O2. The summed E-state index contributed by atoms with van der Waals surface area (Å²) in [4.78, 5) is 15.0. The minimum Gasteiger partial charge on any atom is -0.427 e. The SMILES string of the molecule is CCN(C)C(=O)OC1(N(C)C)CC1. The minimum absolute atomic E-state index is 0.228. The van der Waals surface area contributed by atoms with Crippen LogP contribution in [-0.4, -0.2) is 49.3 Å². The zero-order valence-electron chi connectivity index (χ0n) is 8.83. The Morgan fingerprint density at radius 2 is 1.92 bits per heavy atom. The average molecular weight is 186 g/mol. The molecule has 1 saturated carbocycles. The smallest absolute Gasteiger partial charge is 0.411 e. The van der Waals surface area contributed by atoms with Crippen molar-refractivity contribution in [3.05, 3.63) is 0 Å². The molecule has 0 aromatic carbocycles. The van der Waals surface area contributed by atoms with Crippen molar-refractivity contribution in [1.29, 1.82) is 0 Å². The van der Waals surface area contributed by atoms with Crippen molar-refractivity contribution >= 4 is 6.09 Å². The van der Waals surface area contributed by atoms with Crippen LogP contribution < -0.4 is 0 Å². The van der Waals surface area contributed by atoms with Crippen LogP contribution in [-0.2, 0) is 4.74 Å². The molecular weight excluding hydrogens is 168 g/mol. The van der Waals surface area contributed by atoms with Crippen molar-refractivity contribution in [2.24, 2.45) is 0 Å². The van der Waals surface area contributed by atoms with Crippen LogP contribution >= 0.6 is 0 Å². The number of carbonyl (C=O) groups excluding carboxylic acids is 1. The topological polar surface area (TPSA) is 32.8 Å². The first-order valence-corrected chi connectivity index (χ1v) is 4.63. The highest BCUT2D eigenvalue weighted by molar-refractivity contribution is 5.68. The lowest BCUT2D eigenvalue weighted by atomic mass is 10.5. The number of amides is 1. The summed E-state index contributed by atoms with van der Waals surface area (Å²) < 4.78 is 5.38. The number of hydrogen-bond acceptors (Lipinski definition) is 3. The third-order valence-corrected chi connectivity index (χ3v) is 2.56. The monoisotopic (exact) mass is 186 g/mol. The molecule has 0 N–H and O–H groups in total. The number of ether oxygens (including phenoxy) is 1. The summed E-state index contributed by atoms with van der Waals surface area (Å²) in [5.41, 5.74) is -0.305. The Balaban J connectivity index is 2.45. The Hall–Kier alpha value is -0.770. The molecule has 0 spiro atoms. The Bertz CT molecular complexity index is 200. The Morgan fingerprint density at radius 1 is 1.38 bits per heavy atom. The van der Waals surface area contributed by atoms with Gasteiger partial charge < -0.3 is 9.64 Å². The highest BCUT2D eigenvalue weighted by atomic mass is 16.6. The fraction of sp³-hybridized carbons (Fsp3) is 0.889. The first-order chi connectivity index (χ1) is 6.02. The van der Waals surface area contributed by atoms with Crippen LogP contribution in [0.3, 0.4) is 0 Å². The average Bonchev–Trinajstić information content (AvgIpc) is 2.84. The van der Waals surface area contributed by atoms with E-state index in [1.165, 1.54) is 0 Å². The third kappa shape index (κ3) is 2.12. The molecule has 0 saturated heterocycles.